The van der Waals surface area contributed by atoms with Crippen molar-refractivity contribution in [3.8, 4) is 28.6 Å². The van der Waals surface area contributed by atoms with Crippen molar-refractivity contribution in [1.82, 2.24) is 19.9 Å². The monoisotopic (exact) mass is 479 g/mol. The summed E-state index contributed by atoms with van der Waals surface area (Å²) in [6.07, 6.45) is 5.85. The van der Waals surface area contributed by atoms with Gasteiger partial charge in [0.25, 0.3) is 0 Å². The molecule has 36 heavy (non-hydrogen) atoms. The van der Waals surface area contributed by atoms with Gasteiger partial charge >= 0.3 is 6.09 Å². The molecule has 0 aliphatic carbocycles. The summed E-state index contributed by atoms with van der Waals surface area (Å²) in [6, 6.07) is 21.9. The van der Waals surface area contributed by atoms with Gasteiger partial charge in [-0.2, -0.15) is 5.26 Å². The molecular weight excluding hydrogens is 450 g/mol. The average Bonchev–Trinajstić information content (AvgIpc) is 3.32. The molecule has 0 saturated carbocycles. The first-order chi connectivity index (χ1) is 17.3. The summed E-state index contributed by atoms with van der Waals surface area (Å²) < 4.78 is 7.28. The van der Waals surface area contributed by atoms with E-state index < -0.39 is 11.7 Å². The lowest BCUT2D eigenvalue weighted by atomic mass is 10.0. The minimum absolute atomic E-state index is 0.427. The van der Waals surface area contributed by atoms with E-state index in [4.69, 9.17) is 4.74 Å². The highest BCUT2D eigenvalue weighted by Gasteiger charge is 2.15. The van der Waals surface area contributed by atoms with Crippen molar-refractivity contribution < 1.29 is 9.53 Å². The first-order valence-corrected chi connectivity index (χ1v) is 11.8. The van der Waals surface area contributed by atoms with E-state index in [-0.39, 0.29) is 0 Å². The van der Waals surface area contributed by atoms with Gasteiger partial charge in [-0.3, -0.25) is 4.98 Å². The molecule has 1 N–H and O–H groups in total. The molecular formula is C29H29N5O2. The van der Waals surface area contributed by atoms with E-state index in [1.54, 1.807) is 6.33 Å². The van der Waals surface area contributed by atoms with Crippen LogP contribution < -0.4 is 5.32 Å². The molecule has 7 nitrogen and oxygen atoms in total. The Hall–Kier alpha value is -4.44. The maximum Gasteiger partial charge on any atom is 0.407 e. The number of aromatic nitrogens is 3. The third kappa shape index (κ3) is 6.57. The maximum atomic E-state index is 11.8. The quantitative estimate of drug-likeness (QED) is 0.372. The van der Waals surface area contributed by atoms with Gasteiger partial charge in [0.1, 0.15) is 5.60 Å². The van der Waals surface area contributed by atoms with Crippen LogP contribution in [-0.2, 0) is 17.7 Å². The molecule has 0 unspecified atom stereocenters. The molecule has 0 aliphatic rings. The Balaban J connectivity index is 1.47. The van der Waals surface area contributed by atoms with Gasteiger partial charge in [0.2, 0.25) is 0 Å². The second kappa shape index (κ2) is 10.9. The molecule has 2 aromatic heterocycles. The fourth-order valence-corrected chi connectivity index (χ4v) is 3.80. The Labute approximate surface area is 211 Å². The van der Waals surface area contributed by atoms with Crippen LogP contribution in [-0.4, -0.2) is 32.8 Å². The second-order valence-corrected chi connectivity index (χ2v) is 9.51. The topological polar surface area (TPSA) is 92.8 Å². The predicted molar refractivity (Wildman–Crippen MR) is 139 cm³/mol. The SMILES string of the molecule is CC(C)(C)OC(=O)NCCc1ccc(-c2ccc(C#N)cc2Cn2cnc(-c3ccccc3)c2)nc1. The molecule has 0 saturated heterocycles. The Morgan fingerprint density at radius 3 is 2.56 bits per heavy atom. The summed E-state index contributed by atoms with van der Waals surface area (Å²) in [4.78, 5) is 21.0. The number of amides is 1. The molecule has 4 aromatic rings. The van der Waals surface area contributed by atoms with Crippen LogP contribution in [0.5, 0.6) is 0 Å². The molecule has 0 fully saturated rings. The molecule has 2 aromatic carbocycles. The zero-order valence-electron chi connectivity index (χ0n) is 20.7. The Morgan fingerprint density at radius 1 is 1.06 bits per heavy atom. The number of rotatable bonds is 7. The number of hydrogen-bond donors (Lipinski definition) is 1. The largest absolute Gasteiger partial charge is 0.444 e. The summed E-state index contributed by atoms with van der Waals surface area (Å²) in [6.45, 7) is 6.53. The minimum Gasteiger partial charge on any atom is -0.444 e. The minimum atomic E-state index is -0.522. The second-order valence-electron chi connectivity index (χ2n) is 9.51. The summed E-state index contributed by atoms with van der Waals surface area (Å²) in [5.41, 5.74) is 5.80. The number of hydrogen-bond acceptors (Lipinski definition) is 5. The van der Waals surface area contributed by atoms with E-state index in [0.29, 0.717) is 25.1 Å². The van der Waals surface area contributed by atoms with E-state index in [1.807, 2.05) is 98.4 Å². The van der Waals surface area contributed by atoms with Gasteiger partial charge in [0, 0.05) is 36.6 Å². The molecule has 0 spiro atoms. The molecule has 182 valence electrons. The lowest BCUT2D eigenvalue weighted by molar-refractivity contribution is 0.0528. The van der Waals surface area contributed by atoms with Crippen molar-refractivity contribution in [2.24, 2.45) is 0 Å². The van der Waals surface area contributed by atoms with Crippen LogP contribution in [0.3, 0.4) is 0 Å². The Bertz CT molecular complexity index is 1360. The molecule has 0 atom stereocenters. The molecule has 4 rings (SSSR count). The van der Waals surface area contributed by atoms with Crippen LogP contribution in [0.1, 0.15) is 37.5 Å². The van der Waals surface area contributed by atoms with Crippen LogP contribution in [0.2, 0.25) is 0 Å². The number of nitriles is 1. The van der Waals surface area contributed by atoms with E-state index in [1.165, 1.54) is 0 Å². The van der Waals surface area contributed by atoms with Crippen molar-refractivity contribution in [2.45, 2.75) is 39.3 Å². The maximum absolute atomic E-state index is 11.8. The smallest absolute Gasteiger partial charge is 0.407 e. The molecule has 0 bridgehead atoms. The van der Waals surface area contributed by atoms with Crippen molar-refractivity contribution in [1.29, 1.82) is 5.26 Å². The normalized spacial score (nSPS) is 11.1. The van der Waals surface area contributed by atoms with Gasteiger partial charge < -0.3 is 14.6 Å². The van der Waals surface area contributed by atoms with Gasteiger partial charge in [-0.05, 0) is 56.5 Å². The fourth-order valence-electron chi connectivity index (χ4n) is 3.80. The number of benzene rings is 2. The van der Waals surface area contributed by atoms with Crippen molar-refractivity contribution in [3.05, 3.63) is 96.1 Å². The summed E-state index contributed by atoms with van der Waals surface area (Å²) in [5.74, 6) is 0. The standard InChI is InChI=1S/C29H29N5O2/c1-29(2,3)36-28(35)31-14-13-21-10-12-26(32-17-21)25-11-9-22(16-30)15-24(25)18-34-19-27(33-20-34)23-7-5-4-6-8-23/h4-12,15,17,19-20H,13-14,18H2,1-3H3,(H,31,35). The highest BCUT2D eigenvalue weighted by molar-refractivity contribution is 5.68. The third-order valence-corrected chi connectivity index (χ3v) is 5.47. The van der Waals surface area contributed by atoms with Crippen molar-refractivity contribution in [2.75, 3.05) is 6.54 Å². The van der Waals surface area contributed by atoms with Crippen molar-refractivity contribution in [3.63, 3.8) is 0 Å². The highest BCUT2D eigenvalue weighted by Crippen LogP contribution is 2.25. The summed E-state index contributed by atoms with van der Waals surface area (Å²) >= 11 is 0. The number of pyridine rings is 1. The summed E-state index contributed by atoms with van der Waals surface area (Å²) in [7, 11) is 0. The molecule has 0 radical (unpaired) electrons. The number of nitrogens with one attached hydrogen (secondary N) is 1. The molecule has 1 amide bonds. The molecule has 7 heteroatoms. The van der Waals surface area contributed by atoms with Crippen LogP contribution in [0.4, 0.5) is 4.79 Å². The Kier molecular flexibility index (Phi) is 7.45. The van der Waals surface area contributed by atoms with E-state index in [0.717, 1.165) is 33.6 Å². The van der Waals surface area contributed by atoms with E-state index >= 15 is 0 Å². The van der Waals surface area contributed by atoms with Gasteiger partial charge in [-0.1, -0.05) is 42.5 Å². The zero-order chi connectivity index (χ0) is 25.5. The van der Waals surface area contributed by atoms with Gasteiger partial charge in [-0.25, -0.2) is 9.78 Å². The summed E-state index contributed by atoms with van der Waals surface area (Å²) in [5, 5.41) is 12.2. The van der Waals surface area contributed by atoms with E-state index in [2.05, 4.69) is 21.4 Å². The van der Waals surface area contributed by atoms with Crippen LogP contribution >= 0.6 is 0 Å². The number of carbonyl (C=O) groups excluding carboxylic acids is 1. The molecule has 2 heterocycles. The van der Waals surface area contributed by atoms with Crippen molar-refractivity contribution >= 4 is 6.09 Å². The fraction of sp³-hybridized carbons (Fsp3) is 0.241. The van der Waals surface area contributed by atoms with Crippen LogP contribution in [0.25, 0.3) is 22.5 Å². The predicted octanol–water partition coefficient (Wildman–Crippen LogP) is 5.60. The van der Waals surface area contributed by atoms with Crippen LogP contribution in [0.15, 0.2) is 79.4 Å². The Morgan fingerprint density at radius 2 is 1.86 bits per heavy atom. The number of nitrogens with zero attached hydrogens (tertiary/aromatic N) is 4. The highest BCUT2D eigenvalue weighted by atomic mass is 16.6. The number of ether oxygens (including phenoxy) is 1. The number of alkyl carbamates (subject to hydrolysis) is 1. The number of imidazole rings is 1. The van der Waals surface area contributed by atoms with E-state index in [9.17, 15) is 10.1 Å². The number of carbonyl (C=O) groups is 1. The zero-order valence-corrected chi connectivity index (χ0v) is 20.7. The third-order valence-electron chi connectivity index (χ3n) is 5.47. The van der Waals surface area contributed by atoms with Gasteiger partial charge in [0.05, 0.1) is 29.3 Å². The van der Waals surface area contributed by atoms with Crippen LogP contribution in [0, 0.1) is 11.3 Å². The lowest BCUT2D eigenvalue weighted by Crippen LogP contribution is -2.33. The van der Waals surface area contributed by atoms with Gasteiger partial charge in [-0.15, -0.1) is 0 Å². The average molecular weight is 480 g/mol. The first kappa shape index (κ1) is 24.7. The first-order valence-electron chi connectivity index (χ1n) is 11.8. The lowest BCUT2D eigenvalue weighted by Gasteiger charge is -2.19. The molecule has 0 aliphatic heterocycles. The van der Waals surface area contributed by atoms with Gasteiger partial charge in [0.15, 0.2) is 0 Å².